The van der Waals surface area contributed by atoms with Gasteiger partial charge in [-0.05, 0) is 41.8 Å². The van der Waals surface area contributed by atoms with Crippen molar-refractivity contribution in [1.82, 2.24) is 15.2 Å². The quantitative estimate of drug-likeness (QED) is 0.497. The van der Waals surface area contributed by atoms with E-state index in [0.29, 0.717) is 28.0 Å². The summed E-state index contributed by atoms with van der Waals surface area (Å²) in [5.41, 5.74) is 2.21. The number of rotatable bonds is 6. The Hall–Kier alpha value is -3.42. The summed E-state index contributed by atoms with van der Waals surface area (Å²) >= 11 is 5.82. The SMILES string of the molecule is CC1CN(Cc2ccccc2)CC1NC(=O)Nc1cccc(C(=O)Nc2ccc(Cl)cn2)c1. The number of likely N-dealkylation sites (tertiary alicyclic amines) is 1. The predicted octanol–water partition coefficient (Wildman–Crippen LogP) is 4.63. The van der Waals surface area contributed by atoms with Crippen LogP contribution in [0.25, 0.3) is 0 Å². The smallest absolute Gasteiger partial charge is 0.319 e. The Kier molecular flexibility index (Phi) is 7.22. The van der Waals surface area contributed by atoms with Crippen LogP contribution in [-0.4, -0.2) is 41.0 Å². The summed E-state index contributed by atoms with van der Waals surface area (Å²) in [5, 5.41) is 9.11. The largest absolute Gasteiger partial charge is 0.334 e. The summed E-state index contributed by atoms with van der Waals surface area (Å²) in [6, 6.07) is 20.1. The summed E-state index contributed by atoms with van der Waals surface area (Å²) in [4.78, 5) is 31.6. The van der Waals surface area contributed by atoms with Gasteiger partial charge in [0.2, 0.25) is 0 Å². The van der Waals surface area contributed by atoms with E-state index < -0.39 is 0 Å². The fraction of sp³-hybridized carbons (Fsp3) is 0.240. The van der Waals surface area contributed by atoms with Gasteiger partial charge in [-0.1, -0.05) is 54.9 Å². The number of urea groups is 1. The molecular weight excluding hydrogens is 438 g/mol. The molecule has 1 fully saturated rings. The monoisotopic (exact) mass is 463 g/mol. The maximum atomic E-state index is 12.6. The predicted molar refractivity (Wildman–Crippen MR) is 130 cm³/mol. The molecule has 1 saturated heterocycles. The molecule has 1 aliphatic rings. The van der Waals surface area contributed by atoms with Crippen molar-refractivity contribution in [3.8, 4) is 0 Å². The van der Waals surface area contributed by atoms with E-state index in [0.717, 1.165) is 19.6 Å². The third kappa shape index (κ3) is 6.31. The van der Waals surface area contributed by atoms with E-state index in [1.54, 1.807) is 36.4 Å². The van der Waals surface area contributed by atoms with Crippen LogP contribution in [0.4, 0.5) is 16.3 Å². The molecule has 4 rings (SSSR count). The first-order valence-corrected chi connectivity index (χ1v) is 11.2. The van der Waals surface area contributed by atoms with Gasteiger partial charge in [0.15, 0.2) is 0 Å². The number of hydrogen-bond acceptors (Lipinski definition) is 4. The molecule has 3 amide bonds. The molecule has 0 aliphatic carbocycles. The Morgan fingerprint density at radius 3 is 2.61 bits per heavy atom. The van der Waals surface area contributed by atoms with Crippen LogP contribution in [0.2, 0.25) is 5.02 Å². The van der Waals surface area contributed by atoms with Crippen LogP contribution in [0.5, 0.6) is 0 Å². The lowest BCUT2D eigenvalue weighted by Crippen LogP contribution is -2.42. The van der Waals surface area contributed by atoms with Gasteiger partial charge in [-0.3, -0.25) is 9.69 Å². The van der Waals surface area contributed by atoms with Crippen LogP contribution in [0.3, 0.4) is 0 Å². The lowest BCUT2D eigenvalue weighted by Gasteiger charge is -2.18. The number of hydrogen-bond donors (Lipinski definition) is 3. The molecule has 3 N–H and O–H groups in total. The molecule has 0 spiro atoms. The maximum Gasteiger partial charge on any atom is 0.319 e. The van der Waals surface area contributed by atoms with E-state index in [1.807, 2.05) is 18.2 Å². The number of nitrogens with one attached hydrogen (secondary N) is 3. The molecule has 2 heterocycles. The average Bonchev–Trinajstić information content (AvgIpc) is 3.14. The van der Waals surface area contributed by atoms with Gasteiger partial charge in [-0.25, -0.2) is 9.78 Å². The van der Waals surface area contributed by atoms with Crippen LogP contribution in [0.1, 0.15) is 22.8 Å². The van der Waals surface area contributed by atoms with Crippen molar-refractivity contribution in [1.29, 1.82) is 0 Å². The van der Waals surface area contributed by atoms with E-state index in [1.165, 1.54) is 11.8 Å². The topological polar surface area (TPSA) is 86.4 Å². The molecule has 3 aromatic rings. The second-order valence-electron chi connectivity index (χ2n) is 8.26. The lowest BCUT2D eigenvalue weighted by molar-refractivity contribution is 0.102. The van der Waals surface area contributed by atoms with Crippen molar-refractivity contribution in [2.75, 3.05) is 23.7 Å². The van der Waals surface area contributed by atoms with Crippen molar-refractivity contribution in [3.63, 3.8) is 0 Å². The highest BCUT2D eigenvalue weighted by molar-refractivity contribution is 6.30. The van der Waals surface area contributed by atoms with Crippen LogP contribution in [0.15, 0.2) is 72.9 Å². The first kappa shape index (κ1) is 22.8. The second kappa shape index (κ2) is 10.5. The van der Waals surface area contributed by atoms with Gasteiger partial charge in [-0.15, -0.1) is 0 Å². The fourth-order valence-electron chi connectivity index (χ4n) is 3.94. The maximum absolute atomic E-state index is 12.6. The van der Waals surface area contributed by atoms with E-state index in [2.05, 4.69) is 44.9 Å². The summed E-state index contributed by atoms with van der Waals surface area (Å²) in [7, 11) is 0. The molecule has 0 bridgehead atoms. The van der Waals surface area contributed by atoms with Gasteiger partial charge in [0.1, 0.15) is 5.82 Å². The molecule has 170 valence electrons. The summed E-state index contributed by atoms with van der Waals surface area (Å²) < 4.78 is 0. The third-order valence-corrected chi connectivity index (χ3v) is 5.83. The lowest BCUT2D eigenvalue weighted by atomic mass is 10.1. The zero-order valence-electron chi connectivity index (χ0n) is 18.3. The van der Waals surface area contributed by atoms with Crippen molar-refractivity contribution >= 4 is 35.0 Å². The molecule has 1 aliphatic heterocycles. The van der Waals surface area contributed by atoms with Crippen LogP contribution >= 0.6 is 11.6 Å². The summed E-state index contributed by atoms with van der Waals surface area (Å²) in [5.74, 6) is 0.411. The minimum absolute atomic E-state index is 0.0520. The molecular formula is C25H26ClN5O2. The van der Waals surface area contributed by atoms with Crippen LogP contribution in [-0.2, 0) is 6.54 Å². The highest BCUT2D eigenvalue weighted by atomic mass is 35.5. The van der Waals surface area contributed by atoms with Gasteiger partial charge in [0.05, 0.1) is 5.02 Å². The van der Waals surface area contributed by atoms with E-state index in [-0.39, 0.29) is 18.0 Å². The molecule has 2 atom stereocenters. The number of carbonyl (C=O) groups is 2. The van der Waals surface area contributed by atoms with E-state index in [4.69, 9.17) is 11.6 Å². The Bertz CT molecular complexity index is 1110. The number of anilines is 2. The molecule has 2 aromatic carbocycles. The van der Waals surface area contributed by atoms with Crippen molar-refractivity contribution in [2.45, 2.75) is 19.5 Å². The summed E-state index contributed by atoms with van der Waals surface area (Å²) in [6.45, 7) is 4.73. The zero-order valence-corrected chi connectivity index (χ0v) is 19.0. The normalized spacial score (nSPS) is 18.0. The van der Waals surface area contributed by atoms with Gasteiger partial charge >= 0.3 is 6.03 Å². The Morgan fingerprint density at radius 2 is 1.85 bits per heavy atom. The highest BCUT2D eigenvalue weighted by Crippen LogP contribution is 2.20. The number of halogens is 1. The Labute approximate surface area is 198 Å². The highest BCUT2D eigenvalue weighted by Gasteiger charge is 2.30. The average molecular weight is 464 g/mol. The molecule has 2 unspecified atom stereocenters. The molecule has 33 heavy (non-hydrogen) atoms. The Morgan fingerprint density at radius 1 is 1.03 bits per heavy atom. The Balaban J connectivity index is 1.31. The minimum atomic E-state index is -0.324. The zero-order chi connectivity index (χ0) is 23.2. The minimum Gasteiger partial charge on any atom is -0.334 e. The van der Waals surface area contributed by atoms with E-state index >= 15 is 0 Å². The number of carbonyl (C=O) groups excluding carboxylic acids is 2. The van der Waals surface area contributed by atoms with Crippen LogP contribution in [0, 0.1) is 5.92 Å². The van der Waals surface area contributed by atoms with Gasteiger partial charge in [-0.2, -0.15) is 0 Å². The molecule has 7 nitrogen and oxygen atoms in total. The number of aromatic nitrogens is 1. The standard InChI is InChI=1S/C25H26ClN5O2/c1-17-14-31(15-18-6-3-2-4-7-18)16-22(17)29-25(33)28-21-9-5-8-19(12-21)24(32)30-23-11-10-20(26)13-27-23/h2-13,17,22H,14-16H2,1H3,(H,27,30,32)(H2,28,29,33). The van der Waals surface area contributed by atoms with Gasteiger partial charge in [0.25, 0.3) is 5.91 Å². The second-order valence-corrected chi connectivity index (χ2v) is 8.69. The van der Waals surface area contributed by atoms with Crippen molar-refractivity contribution in [2.24, 2.45) is 5.92 Å². The summed E-state index contributed by atoms with van der Waals surface area (Å²) in [6.07, 6.45) is 1.46. The first-order valence-electron chi connectivity index (χ1n) is 10.8. The number of pyridine rings is 1. The fourth-order valence-corrected chi connectivity index (χ4v) is 4.05. The third-order valence-electron chi connectivity index (χ3n) is 5.61. The van der Waals surface area contributed by atoms with Crippen molar-refractivity contribution in [3.05, 3.63) is 89.1 Å². The van der Waals surface area contributed by atoms with Gasteiger partial charge < -0.3 is 16.0 Å². The van der Waals surface area contributed by atoms with Gasteiger partial charge in [0, 0.05) is 43.1 Å². The molecule has 0 radical (unpaired) electrons. The first-order chi connectivity index (χ1) is 16.0. The van der Waals surface area contributed by atoms with Crippen molar-refractivity contribution < 1.29 is 9.59 Å². The number of benzene rings is 2. The molecule has 1 aromatic heterocycles. The number of amides is 3. The van der Waals surface area contributed by atoms with E-state index in [9.17, 15) is 9.59 Å². The number of nitrogens with zero attached hydrogens (tertiary/aromatic N) is 2. The molecule has 8 heteroatoms. The van der Waals surface area contributed by atoms with Crippen LogP contribution < -0.4 is 16.0 Å². The molecule has 0 saturated carbocycles.